The van der Waals surface area contributed by atoms with Crippen molar-refractivity contribution in [3.05, 3.63) is 41.3 Å². The van der Waals surface area contributed by atoms with Crippen molar-refractivity contribution in [2.45, 2.75) is 18.9 Å². The molecule has 0 saturated carbocycles. The van der Waals surface area contributed by atoms with Gasteiger partial charge < -0.3 is 5.11 Å². The van der Waals surface area contributed by atoms with E-state index >= 15 is 0 Å². The summed E-state index contributed by atoms with van der Waals surface area (Å²) in [5.41, 5.74) is 0.761. The Morgan fingerprint density at radius 3 is 2.63 bits per heavy atom. The van der Waals surface area contributed by atoms with Gasteiger partial charge in [-0.25, -0.2) is 8.42 Å². The molecule has 2 rings (SSSR count). The highest BCUT2D eigenvalue weighted by Crippen LogP contribution is 2.22. The fraction of sp³-hybridized carbons (Fsp3) is 0.308. The van der Waals surface area contributed by atoms with E-state index in [4.69, 9.17) is 5.11 Å². The molecule has 1 aromatic carbocycles. The molecular formula is C13H15NO4S. The van der Waals surface area contributed by atoms with Gasteiger partial charge in [-0.1, -0.05) is 30.3 Å². The third kappa shape index (κ3) is 3.21. The summed E-state index contributed by atoms with van der Waals surface area (Å²) in [6.07, 6.45) is 2.43. The zero-order valence-corrected chi connectivity index (χ0v) is 11.1. The number of carbonyl (C=O) groups is 1. The molecule has 0 bridgehead atoms. The topological polar surface area (TPSA) is 74.7 Å². The molecule has 0 radical (unpaired) electrons. The van der Waals surface area contributed by atoms with Crippen LogP contribution in [0.2, 0.25) is 0 Å². The molecule has 1 N–H and O–H groups in total. The lowest BCUT2D eigenvalue weighted by Gasteiger charge is -2.18. The van der Waals surface area contributed by atoms with Gasteiger partial charge in [-0.05, 0) is 24.5 Å². The predicted octanol–water partition coefficient (Wildman–Crippen LogP) is 1.54. The van der Waals surface area contributed by atoms with E-state index in [2.05, 4.69) is 0 Å². The second kappa shape index (κ2) is 5.54. The molecule has 0 amide bonds. The van der Waals surface area contributed by atoms with E-state index in [0.29, 0.717) is 12.8 Å². The normalized spacial score (nSPS) is 20.9. The van der Waals surface area contributed by atoms with Crippen LogP contribution in [0.25, 0.3) is 6.08 Å². The van der Waals surface area contributed by atoms with Crippen LogP contribution in [0.1, 0.15) is 18.4 Å². The van der Waals surface area contributed by atoms with Crippen molar-refractivity contribution in [1.82, 2.24) is 4.31 Å². The van der Waals surface area contributed by atoms with Crippen LogP contribution >= 0.6 is 0 Å². The molecule has 1 heterocycles. The van der Waals surface area contributed by atoms with Gasteiger partial charge in [-0.15, -0.1) is 0 Å². The van der Waals surface area contributed by atoms with Crippen LogP contribution in [0.4, 0.5) is 0 Å². The van der Waals surface area contributed by atoms with E-state index in [1.165, 1.54) is 6.08 Å². The lowest BCUT2D eigenvalue weighted by Crippen LogP contribution is -2.39. The Balaban J connectivity index is 2.19. The maximum Gasteiger partial charge on any atom is 0.322 e. The lowest BCUT2D eigenvalue weighted by molar-refractivity contribution is -0.140. The van der Waals surface area contributed by atoms with Gasteiger partial charge in [0, 0.05) is 12.0 Å². The number of hydrogen-bond donors (Lipinski definition) is 1. The molecule has 6 heteroatoms. The third-order valence-electron chi connectivity index (χ3n) is 3.05. The van der Waals surface area contributed by atoms with Crippen molar-refractivity contribution in [2.75, 3.05) is 6.54 Å². The molecule has 1 aliphatic rings. The average Bonchev–Trinajstić information content (AvgIpc) is 2.88. The Hall–Kier alpha value is -1.66. The van der Waals surface area contributed by atoms with Gasteiger partial charge in [0.25, 0.3) is 0 Å². The molecule has 102 valence electrons. The van der Waals surface area contributed by atoms with Crippen LogP contribution < -0.4 is 0 Å². The van der Waals surface area contributed by atoms with Crippen molar-refractivity contribution in [3.8, 4) is 0 Å². The van der Waals surface area contributed by atoms with E-state index in [1.807, 2.05) is 18.2 Å². The smallest absolute Gasteiger partial charge is 0.322 e. The fourth-order valence-corrected chi connectivity index (χ4v) is 3.52. The van der Waals surface area contributed by atoms with Crippen molar-refractivity contribution >= 4 is 22.1 Å². The number of rotatable bonds is 4. The number of nitrogens with zero attached hydrogens (tertiary/aromatic N) is 1. The molecule has 0 unspecified atom stereocenters. The first-order valence-electron chi connectivity index (χ1n) is 5.98. The van der Waals surface area contributed by atoms with Gasteiger partial charge >= 0.3 is 5.97 Å². The standard InChI is InChI=1S/C13H15NO4S/c15-13(16)12-7-4-9-14(12)19(17,18)10-8-11-5-2-1-3-6-11/h1-3,5-6,8,10,12H,4,7,9H2,(H,15,16)/b10-8+/t12-/m0/s1. The highest BCUT2D eigenvalue weighted by Gasteiger charge is 2.37. The summed E-state index contributed by atoms with van der Waals surface area (Å²) in [6.45, 7) is 0.262. The second-order valence-corrected chi connectivity index (χ2v) is 6.14. The van der Waals surface area contributed by atoms with Gasteiger partial charge in [-0.2, -0.15) is 4.31 Å². The van der Waals surface area contributed by atoms with Gasteiger partial charge in [0.15, 0.2) is 0 Å². The maximum absolute atomic E-state index is 12.1. The van der Waals surface area contributed by atoms with Crippen LogP contribution in [0, 0.1) is 0 Å². The zero-order valence-electron chi connectivity index (χ0n) is 10.3. The molecular weight excluding hydrogens is 266 g/mol. The minimum absolute atomic E-state index is 0.262. The Morgan fingerprint density at radius 2 is 2.00 bits per heavy atom. The first-order valence-corrected chi connectivity index (χ1v) is 7.49. The number of benzene rings is 1. The summed E-state index contributed by atoms with van der Waals surface area (Å²) in [6, 6.07) is 8.08. The molecule has 1 saturated heterocycles. The number of sulfonamides is 1. The van der Waals surface area contributed by atoms with E-state index in [1.54, 1.807) is 12.1 Å². The van der Waals surface area contributed by atoms with Gasteiger partial charge in [0.2, 0.25) is 10.0 Å². The highest BCUT2D eigenvalue weighted by atomic mass is 32.2. The monoisotopic (exact) mass is 281 g/mol. The van der Waals surface area contributed by atoms with E-state index < -0.39 is 22.0 Å². The van der Waals surface area contributed by atoms with Crippen LogP contribution in [-0.4, -0.2) is 36.4 Å². The summed E-state index contributed by atoms with van der Waals surface area (Å²) >= 11 is 0. The molecule has 1 aliphatic heterocycles. The van der Waals surface area contributed by atoms with Gasteiger partial charge in [-0.3, -0.25) is 4.79 Å². The third-order valence-corrected chi connectivity index (χ3v) is 4.62. The Kier molecular flexibility index (Phi) is 4.01. The minimum Gasteiger partial charge on any atom is -0.480 e. The molecule has 0 aromatic heterocycles. The predicted molar refractivity (Wildman–Crippen MR) is 71.8 cm³/mol. The maximum atomic E-state index is 12.1. The Morgan fingerprint density at radius 1 is 1.32 bits per heavy atom. The number of carboxylic acid groups (broad SMARTS) is 1. The van der Waals surface area contributed by atoms with E-state index in [0.717, 1.165) is 15.3 Å². The van der Waals surface area contributed by atoms with Crippen LogP contribution in [0.15, 0.2) is 35.7 Å². The second-order valence-electron chi connectivity index (χ2n) is 4.37. The number of carboxylic acids is 1. The van der Waals surface area contributed by atoms with Crippen molar-refractivity contribution in [1.29, 1.82) is 0 Å². The van der Waals surface area contributed by atoms with Crippen LogP contribution in [-0.2, 0) is 14.8 Å². The number of aliphatic carboxylic acids is 1. The molecule has 1 fully saturated rings. The lowest BCUT2D eigenvalue weighted by atomic mass is 10.2. The quantitative estimate of drug-likeness (QED) is 0.908. The summed E-state index contributed by atoms with van der Waals surface area (Å²) in [5, 5.41) is 10.1. The van der Waals surface area contributed by atoms with E-state index in [-0.39, 0.29) is 6.54 Å². The average molecular weight is 281 g/mol. The summed E-state index contributed by atoms with van der Waals surface area (Å²) in [5.74, 6) is -1.09. The Labute approximate surface area is 112 Å². The number of hydrogen-bond acceptors (Lipinski definition) is 3. The largest absolute Gasteiger partial charge is 0.480 e. The minimum atomic E-state index is -3.68. The first kappa shape index (κ1) is 13.8. The molecule has 1 aromatic rings. The Bertz CT molecular complexity index is 580. The summed E-state index contributed by atoms with van der Waals surface area (Å²) in [7, 11) is -3.68. The van der Waals surface area contributed by atoms with Crippen LogP contribution in [0.5, 0.6) is 0 Å². The molecule has 5 nitrogen and oxygen atoms in total. The van der Waals surface area contributed by atoms with Crippen molar-refractivity contribution in [3.63, 3.8) is 0 Å². The molecule has 0 aliphatic carbocycles. The van der Waals surface area contributed by atoms with Gasteiger partial charge in [0.05, 0.1) is 0 Å². The summed E-state index contributed by atoms with van der Waals surface area (Å²) < 4.78 is 25.2. The molecule has 1 atom stereocenters. The SMILES string of the molecule is O=C(O)[C@@H]1CCCN1S(=O)(=O)/C=C/c1ccccc1. The first-order chi connectivity index (χ1) is 9.00. The van der Waals surface area contributed by atoms with Gasteiger partial charge in [0.1, 0.15) is 6.04 Å². The molecule has 0 spiro atoms. The fourth-order valence-electron chi connectivity index (χ4n) is 2.10. The van der Waals surface area contributed by atoms with Crippen LogP contribution in [0.3, 0.4) is 0 Å². The zero-order chi connectivity index (χ0) is 13.9. The van der Waals surface area contributed by atoms with Crippen molar-refractivity contribution < 1.29 is 18.3 Å². The van der Waals surface area contributed by atoms with Crippen molar-refractivity contribution in [2.24, 2.45) is 0 Å². The van der Waals surface area contributed by atoms with E-state index in [9.17, 15) is 13.2 Å². The molecule has 19 heavy (non-hydrogen) atoms. The summed E-state index contributed by atoms with van der Waals surface area (Å²) in [4.78, 5) is 11.0. The highest BCUT2D eigenvalue weighted by molar-refractivity contribution is 7.92.